The average Bonchev–Trinajstić information content (AvgIpc) is 3.60. The van der Waals surface area contributed by atoms with E-state index in [0.29, 0.717) is 16.0 Å². The average molecular weight is 516 g/mol. The first-order chi connectivity index (χ1) is 17.9. The van der Waals surface area contributed by atoms with Gasteiger partial charge in [-0.15, -0.1) is 0 Å². The zero-order valence-electron chi connectivity index (χ0n) is 20.4. The molecule has 188 valence electrons. The molecule has 1 saturated carbocycles. The molecule has 2 aliphatic heterocycles. The lowest BCUT2D eigenvalue weighted by molar-refractivity contribution is -0.127. The number of nitrogens with zero attached hydrogens (tertiary/aromatic N) is 3. The van der Waals surface area contributed by atoms with Crippen LogP contribution in [0.25, 0.3) is 16.7 Å². The highest BCUT2D eigenvalue weighted by Crippen LogP contribution is 2.50. The lowest BCUT2D eigenvalue weighted by atomic mass is 9.78. The second-order valence-corrected chi connectivity index (χ2v) is 11.0. The van der Waals surface area contributed by atoms with Crippen LogP contribution in [0.3, 0.4) is 0 Å². The number of methoxy groups -OCH3 is 1. The summed E-state index contributed by atoms with van der Waals surface area (Å²) in [6.45, 7) is 3.71. The van der Waals surface area contributed by atoms with Gasteiger partial charge in [0.2, 0.25) is 0 Å². The maximum Gasteiger partial charge on any atom is 0.337 e. The number of hydrogen-bond acceptors (Lipinski definition) is 5. The van der Waals surface area contributed by atoms with Crippen molar-refractivity contribution in [3.63, 3.8) is 0 Å². The number of carbonyl (C=O) groups excluding carboxylic acids is 1. The molecule has 0 N–H and O–H groups in total. The van der Waals surface area contributed by atoms with Crippen LogP contribution in [0.4, 0.5) is 5.69 Å². The number of benzene rings is 3. The van der Waals surface area contributed by atoms with Gasteiger partial charge in [0.15, 0.2) is 0 Å². The number of fused-ring (bicyclic) bond motifs is 1. The summed E-state index contributed by atoms with van der Waals surface area (Å²) in [6, 6.07) is 21.1. The number of halogens is 1. The topological polar surface area (TPSA) is 65.7 Å². The van der Waals surface area contributed by atoms with Gasteiger partial charge in [-0.2, -0.15) is 0 Å². The van der Waals surface area contributed by atoms with Gasteiger partial charge in [-0.25, -0.2) is 9.59 Å². The number of ether oxygens (including phenoxy) is 2. The van der Waals surface area contributed by atoms with Crippen LogP contribution < -0.4 is 10.6 Å². The van der Waals surface area contributed by atoms with Gasteiger partial charge in [-0.3, -0.25) is 9.13 Å². The maximum atomic E-state index is 14.1. The number of anilines is 1. The molecule has 0 amide bonds. The molecule has 0 unspecified atom stereocenters. The molecule has 3 aromatic carbocycles. The number of rotatable bonds is 5. The Morgan fingerprint density at radius 2 is 1.68 bits per heavy atom. The van der Waals surface area contributed by atoms with Crippen molar-refractivity contribution in [2.75, 3.05) is 38.3 Å². The van der Waals surface area contributed by atoms with E-state index >= 15 is 0 Å². The summed E-state index contributed by atoms with van der Waals surface area (Å²) in [5, 5.41) is 0.571. The Hall–Kier alpha value is -3.55. The van der Waals surface area contributed by atoms with Crippen LogP contribution in [0.15, 0.2) is 71.5 Å². The minimum absolute atomic E-state index is 0.125. The molecule has 1 aliphatic carbocycles. The van der Waals surface area contributed by atoms with Crippen LogP contribution in [0.5, 0.6) is 0 Å². The summed E-state index contributed by atoms with van der Waals surface area (Å²) in [5.74, 6) is -0.391. The van der Waals surface area contributed by atoms with Crippen LogP contribution in [-0.2, 0) is 15.0 Å². The van der Waals surface area contributed by atoms with Crippen molar-refractivity contribution in [2.24, 2.45) is 5.41 Å². The van der Waals surface area contributed by atoms with Crippen LogP contribution in [-0.4, -0.2) is 48.5 Å². The number of carbonyl (C=O) groups is 1. The molecule has 7 rings (SSSR count). The second kappa shape index (κ2) is 7.97. The van der Waals surface area contributed by atoms with Crippen LogP contribution in [0.2, 0.25) is 5.02 Å². The van der Waals surface area contributed by atoms with Crippen molar-refractivity contribution < 1.29 is 14.3 Å². The molecule has 0 atom stereocenters. The largest absolute Gasteiger partial charge is 0.465 e. The van der Waals surface area contributed by atoms with Gasteiger partial charge in [-0.1, -0.05) is 23.7 Å². The molecule has 1 aromatic heterocycles. The third kappa shape index (κ3) is 3.37. The smallest absolute Gasteiger partial charge is 0.337 e. The van der Waals surface area contributed by atoms with E-state index in [-0.39, 0.29) is 5.69 Å². The maximum absolute atomic E-state index is 14.1. The first-order valence-electron chi connectivity index (χ1n) is 12.5. The molecule has 3 heterocycles. The molecule has 0 bridgehead atoms. The monoisotopic (exact) mass is 515 g/mol. The Bertz CT molecular complexity index is 1600. The van der Waals surface area contributed by atoms with E-state index < -0.39 is 11.5 Å². The summed E-state index contributed by atoms with van der Waals surface area (Å²) < 4.78 is 13.9. The van der Waals surface area contributed by atoms with Crippen LogP contribution >= 0.6 is 11.6 Å². The minimum Gasteiger partial charge on any atom is -0.465 e. The lowest BCUT2D eigenvalue weighted by Gasteiger charge is -2.56. The van der Waals surface area contributed by atoms with Gasteiger partial charge in [0.25, 0.3) is 0 Å². The van der Waals surface area contributed by atoms with Crippen LogP contribution in [0.1, 0.15) is 28.8 Å². The summed E-state index contributed by atoms with van der Waals surface area (Å²) in [4.78, 5) is 28.7. The van der Waals surface area contributed by atoms with E-state index in [9.17, 15) is 9.59 Å². The fraction of sp³-hybridized carbons (Fsp3) is 0.310. The van der Waals surface area contributed by atoms with Gasteiger partial charge in [0.1, 0.15) is 0 Å². The fourth-order valence-electron chi connectivity index (χ4n) is 5.98. The Morgan fingerprint density at radius 1 is 0.946 bits per heavy atom. The molecule has 3 fully saturated rings. The molecule has 37 heavy (non-hydrogen) atoms. The number of imidazole rings is 1. The van der Waals surface area contributed by atoms with Crippen molar-refractivity contribution in [3.05, 3.63) is 93.4 Å². The molecule has 8 heteroatoms. The summed E-state index contributed by atoms with van der Waals surface area (Å²) in [6.07, 6.45) is 1.61. The first kappa shape index (κ1) is 22.6. The standard InChI is InChI=1S/C29H26ClN3O4/c1-36-26(34)19-3-2-4-20(13-19)29(11-12-29)33-24-10-5-21(30)14-25(24)32(27(33)35)23-8-6-22(7-9-23)31-15-28(16-31)17-37-18-28/h2-10,13-14H,11-12,15-18H2,1H3. The summed E-state index contributed by atoms with van der Waals surface area (Å²) in [5.41, 5.74) is 4.61. The lowest BCUT2D eigenvalue weighted by Crippen LogP contribution is -2.66. The van der Waals surface area contributed by atoms with Crippen LogP contribution in [0, 0.1) is 5.41 Å². The van der Waals surface area contributed by atoms with Gasteiger partial charge in [0.05, 0.1) is 53.6 Å². The van der Waals surface area contributed by atoms with E-state index in [0.717, 1.165) is 67.1 Å². The summed E-state index contributed by atoms with van der Waals surface area (Å²) >= 11 is 6.40. The predicted molar refractivity (Wildman–Crippen MR) is 142 cm³/mol. The molecule has 3 aliphatic rings. The molecule has 4 aromatic rings. The quantitative estimate of drug-likeness (QED) is 0.363. The second-order valence-electron chi connectivity index (χ2n) is 10.6. The van der Waals surface area contributed by atoms with Gasteiger partial charge in [0, 0.05) is 23.8 Å². The Kier molecular flexibility index (Phi) is 4.88. The predicted octanol–water partition coefficient (Wildman–Crippen LogP) is 4.61. The molecular weight excluding hydrogens is 490 g/mol. The van der Waals surface area contributed by atoms with Gasteiger partial charge < -0.3 is 14.4 Å². The van der Waals surface area contributed by atoms with Gasteiger partial charge in [-0.05, 0) is 73.0 Å². The van der Waals surface area contributed by atoms with Crippen molar-refractivity contribution in [1.82, 2.24) is 9.13 Å². The van der Waals surface area contributed by atoms with E-state index in [1.807, 2.05) is 53.1 Å². The van der Waals surface area contributed by atoms with Gasteiger partial charge >= 0.3 is 11.7 Å². The molecular formula is C29H26ClN3O4. The molecule has 2 saturated heterocycles. The van der Waals surface area contributed by atoms with E-state index in [1.54, 1.807) is 10.6 Å². The van der Waals surface area contributed by atoms with Crippen molar-refractivity contribution in [2.45, 2.75) is 18.4 Å². The van der Waals surface area contributed by atoms with E-state index in [2.05, 4.69) is 17.0 Å². The van der Waals surface area contributed by atoms with Crippen molar-refractivity contribution in [3.8, 4) is 5.69 Å². The zero-order chi connectivity index (χ0) is 25.4. The Balaban J connectivity index is 1.32. The highest BCUT2D eigenvalue weighted by atomic mass is 35.5. The Labute approximate surface area is 218 Å². The highest BCUT2D eigenvalue weighted by Gasteiger charge is 2.50. The Morgan fingerprint density at radius 3 is 2.32 bits per heavy atom. The van der Waals surface area contributed by atoms with E-state index in [1.165, 1.54) is 7.11 Å². The SMILES string of the molecule is COC(=O)c1cccc(C2(n3c(=O)n(-c4ccc(N5CC6(COC6)C5)cc4)c4cc(Cl)ccc43)CC2)c1. The molecule has 1 spiro atoms. The number of aromatic nitrogens is 2. The molecule has 7 nitrogen and oxygen atoms in total. The summed E-state index contributed by atoms with van der Waals surface area (Å²) in [7, 11) is 1.37. The zero-order valence-corrected chi connectivity index (χ0v) is 21.2. The fourth-order valence-corrected chi connectivity index (χ4v) is 6.15. The number of hydrogen-bond donors (Lipinski definition) is 0. The van der Waals surface area contributed by atoms with Crippen molar-refractivity contribution in [1.29, 1.82) is 0 Å². The third-order valence-corrected chi connectivity index (χ3v) is 8.35. The first-order valence-corrected chi connectivity index (χ1v) is 12.9. The van der Waals surface area contributed by atoms with Crippen molar-refractivity contribution >= 4 is 34.3 Å². The molecule has 0 radical (unpaired) electrons. The number of esters is 1. The minimum atomic E-state index is -0.519. The normalized spacial score (nSPS) is 18.9. The highest BCUT2D eigenvalue weighted by molar-refractivity contribution is 6.31. The third-order valence-electron chi connectivity index (χ3n) is 8.12. The van der Waals surface area contributed by atoms with E-state index in [4.69, 9.17) is 21.1 Å².